The Morgan fingerprint density at radius 3 is 2.70 bits per heavy atom. The number of piperidine rings is 1. The molecule has 1 fully saturated rings. The molecule has 0 radical (unpaired) electrons. The fourth-order valence-electron chi connectivity index (χ4n) is 3.25. The molecule has 138 valence electrons. The Hall–Kier alpha value is -3.22. The first-order chi connectivity index (χ1) is 13.1. The van der Waals surface area contributed by atoms with Crippen LogP contribution in [0.2, 0.25) is 0 Å². The first kappa shape index (κ1) is 17.2. The van der Waals surface area contributed by atoms with E-state index in [0.29, 0.717) is 31.3 Å². The van der Waals surface area contributed by atoms with Gasteiger partial charge in [0.05, 0.1) is 0 Å². The lowest BCUT2D eigenvalue weighted by atomic mass is 10.1. The second kappa shape index (κ2) is 7.19. The molecule has 4 rings (SSSR count). The molecule has 1 aliphatic heterocycles. The Kier molecular flexibility index (Phi) is 4.58. The van der Waals surface area contributed by atoms with Gasteiger partial charge in [0.15, 0.2) is 17.3 Å². The standard InChI is InChI=1S/C20H18FN3O3/c21-16-6-3-9-22-19(16)27-14-7-10-24(11-8-14)20(26)17-18(25)15-5-2-1-4-13(15)12-23-17/h1-6,9,12,14,25H,7-8,10-11H2. The second-order valence-electron chi connectivity index (χ2n) is 6.44. The molecular formula is C20H18FN3O3. The molecule has 1 saturated heterocycles. The van der Waals surface area contributed by atoms with Gasteiger partial charge in [0.25, 0.3) is 11.8 Å². The zero-order valence-electron chi connectivity index (χ0n) is 14.5. The van der Waals surface area contributed by atoms with Crippen molar-refractivity contribution in [2.75, 3.05) is 13.1 Å². The first-order valence-electron chi connectivity index (χ1n) is 8.76. The molecular weight excluding hydrogens is 349 g/mol. The van der Waals surface area contributed by atoms with Crippen molar-refractivity contribution < 1.29 is 19.0 Å². The highest BCUT2D eigenvalue weighted by molar-refractivity contribution is 6.01. The van der Waals surface area contributed by atoms with Crippen molar-refractivity contribution >= 4 is 16.7 Å². The second-order valence-corrected chi connectivity index (χ2v) is 6.44. The van der Waals surface area contributed by atoms with Crippen LogP contribution in [0.5, 0.6) is 11.6 Å². The van der Waals surface area contributed by atoms with Gasteiger partial charge in [-0.25, -0.2) is 14.4 Å². The molecule has 0 spiro atoms. The predicted molar refractivity (Wildman–Crippen MR) is 97.2 cm³/mol. The van der Waals surface area contributed by atoms with Crippen LogP contribution in [0.1, 0.15) is 23.3 Å². The third kappa shape index (κ3) is 3.40. The number of rotatable bonds is 3. The topological polar surface area (TPSA) is 75.5 Å². The summed E-state index contributed by atoms with van der Waals surface area (Å²) in [5.74, 6) is -0.940. The summed E-state index contributed by atoms with van der Waals surface area (Å²) in [5, 5.41) is 11.8. The Labute approximate surface area is 155 Å². The van der Waals surface area contributed by atoms with Gasteiger partial charge in [-0.2, -0.15) is 0 Å². The number of pyridine rings is 2. The molecule has 0 bridgehead atoms. The quantitative estimate of drug-likeness (QED) is 0.770. The molecule has 7 heteroatoms. The summed E-state index contributed by atoms with van der Waals surface area (Å²) in [6, 6.07) is 10.0. The van der Waals surface area contributed by atoms with Crippen LogP contribution >= 0.6 is 0 Å². The Morgan fingerprint density at radius 2 is 1.93 bits per heavy atom. The number of amides is 1. The number of carbonyl (C=O) groups is 1. The zero-order chi connectivity index (χ0) is 18.8. The van der Waals surface area contributed by atoms with Crippen molar-refractivity contribution in [3.8, 4) is 11.6 Å². The van der Waals surface area contributed by atoms with E-state index in [9.17, 15) is 14.3 Å². The molecule has 0 unspecified atom stereocenters. The van der Waals surface area contributed by atoms with Crippen LogP contribution in [0.4, 0.5) is 4.39 Å². The number of aromatic nitrogens is 2. The monoisotopic (exact) mass is 367 g/mol. The Balaban J connectivity index is 1.45. The van der Waals surface area contributed by atoms with Crippen LogP contribution in [0.15, 0.2) is 48.8 Å². The Morgan fingerprint density at radius 1 is 1.15 bits per heavy atom. The van der Waals surface area contributed by atoms with E-state index in [2.05, 4.69) is 9.97 Å². The minimum Gasteiger partial charge on any atom is -0.505 e. The molecule has 0 atom stereocenters. The molecule has 1 aliphatic rings. The normalized spacial score (nSPS) is 15.1. The Bertz CT molecular complexity index is 987. The molecule has 1 aromatic carbocycles. The van der Waals surface area contributed by atoms with Crippen molar-refractivity contribution in [2.24, 2.45) is 0 Å². The molecule has 6 nitrogen and oxygen atoms in total. The van der Waals surface area contributed by atoms with Crippen molar-refractivity contribution in [1.29, 1.82) is 0 Å². The van der Waals surface area contributed by atoms with Crippen LogP contribution in [0.25, 0.3) is 10.8 Å². The van der Waals surface area contributed by atoms with Gasteiger partial charge in [0, 0.05) is 49.1 Å². The van der Waals surface area contributed by atoms with Crippen molar-refractivity contribution in [3.05, 3.63) is 60.3 Å². The zero-order valence-corrected chi connectivity index (χ0v) is 14.5. The molecule has 0 saturated carbocycles. The summed E-state index contributed by atoms with van der Waals surface area (Å²) in [6.07, 6.45) is 3.95. The van der Waals surface area contributed by atoms with Crippen molar-refractivity contribution in [1.82, 2.24) is 14.9 Å². The van der Waals surface area contributed by atoms with Crippen LogP contribution in [0, 0.1) is 5.82 Å². The number of hydrogen-bond donors (Lipinski definition) is 1. The summed E-state index contributed by atoms with van der Waals surface area (Å²) in [4.78, 5) is 22.4. The van der Waals surface area contributed by atoms with E-state index in [-0.39, 0.29) is 29.3 Å². The van der Waals surface area contributed by atoms with Gasteiger partial charge in [-0.1, -0.05) is 24.3 Å². The third-order valence-electron chi connectivity index (χ3n) is 4.71. The van der Waals surface area contributed by atoms with Gasteiger partial charge < -0.3 is 14.7 Å². The highest BCUT2D eigenvalue weighted by Crippen LogP contribution is 2.28. The lowest BCUT2D eigenvalue weighted by Gasteiger charge is -2.31. The number of nitrogens with zero attached hydrogens (tertiary/aromatic N) is 3. The van der Waals surface area contributed by atoms with E-state index in [4.69, 9.17) is 4.74 Å². The van der Waals surface area contributed by atoms with Crippen molar-refractivity contribution in [3.63, 3.8) is 0 Å². The molecule has 2 aromatic heterocycles. The van der Waals surface area contributed by atoms with E-state index in [1.165, 1.54) is 18.3 Å². The van der Waals surface area contributed by atoms with Crippen LogP contribution in [-0.2, 0) is 0 Å². The first-order valence-corrected chi connectivity index (χ1v) is 8.76. The number of benzene rings is 1. The molecule has 3 aromatic rings. The number of aromatic hydroxyl groups is 1. The number of likely N-dealkylation sites (tertiary alicyclic amines) is 1. The summed E-state index contributed by atoms with van der Waals surface area (Å²) < 4.78 is 19.3. The fraction of sp³-hybridized carbons (Fsp3) is 0.250. The molecule has 0 aliphatic carbocycles. The van der Waals surface area contributed by atoms with E-state index in [1.54, 1.807) is 23.2 Å². The fourth-order valence-corrected chi connectivity index (χ4v) is 3.25. The van der Waals surface area contributed by atoms with Gasteiger partial charge in [0.2, 0.25) is 0 Å². The van der Waals surface area contributed by atoms with Crippen LogP contribution in [0.3, 0.4) is 0 Å². The number of hydrogen-bond acceptors (Lipinski definition) is 5. The van der Waals surface area contributed by atoms with E-state index in [0.717, 1.165) is 5.39 Å². The van der Waals surface area contributed by atoms with E-state index in [1.807, 2.05) is 12.1 Å². The van der Waals surface area contributed by atoms with E-state index >= 15 is 0 Å². The SMILES string of the molecule is O=C(c1ncc2ccccc2c1O)N1CCC(Oc2ncccc2F)CC1. The number of ether oxygens (including phenoxy) is 1. The number of carbonyl (C=O) groups excluding carboxylic acids is 1. The smallest absolute Gasteiger partial charge is 0.276 e. The molecule has 3 heterocycles. The average Bonchev–Trinajstić information content (AvgIpc) is 2.70. The number of fused-ring (bicyclic) bond motifs is 1. The summed E-state index contributed by atoms with van der Waals surface area (Å²) in [7, 11) is 0. The van der Waals surface area contributed by atoms with Gasteiger partial charge in [-0.15, -0.1) is 0 Å². The maximum atomic E-state index is 13.7. The summed E-state index contributed by atoms with van der Waals surface area (Å²) in [6.45, 7) is 0.873. The minimum atomic E-state index is -0.499. The lowest BCUT2D eigenvalue weighted by Crippen LogP contribution is -2.42. The largest absolute Gasteiger partial charge is 0.505 e. The molecule has 1 amide bonds. The van der Waals surface area contributed by atoms with E-state index < -0.39 is 5.82 Å². The van der Waals surface area contributed by atoms with Crippen LogP contribution in [-0.4, -0.2) is 45.1 Å². The molecule has 1 N–H and O–H groups in total. The minimum absolute atomic E-state index is 0.0175. The van der Waals surface area contributed by atoms with Crippen molar-refractivity contribution in [2.45, 2.75) is 18.9 Å². The summed E-state index contributed by atoms with van der Waals surface area (Å²) >= 11 is 0. The van der Waals surface area contributed by atoms with Crippen LogP contribution < -0.4 is 4.74 Å². The predicted octanol–water partition coefficient (Wildman–Crippen LogP) is 3.16. The third-order valence-corrected chi connectivity index (χ3v) is 4.71. The van der Waals surface area contributed by atoms with Gasteiger partial charge >= 0.3 is 0 Å². The molecule has 27 heavy (non-hydrogen) atoms. The highest BCUT2D eigenvalue weighted by Gasteiger charge is 2.28. The van der Waals surface area contributed by atoms with Gasteiger partial charge in [-0.05, 0) is 12.1 Å². The maximum absolute atomic E-state index is 13.7. The highest BCUT2D eigenvalue weighted by atomic mass is 19.1. The maximum Gasteiger partial charge on any atom is 0.276 e. The lowest BCUT2D eigenvalue weighted by molar-refractivity contribution is 0.0571. The average molecular weight is 367 g/mol. The number of halogens is 1. The van der Waals surface area contributed by atoms with Gasteiger partial charge in [0.1, 0.15) is 6.10 Å². The van der Waals surface area contributed by atoms with Gasteiger partial charge in [-0.3, -0.25) is 4.79 Å². The summed E-state index contributed by atoms with van der Waals surface area (Å²) in [5.41, 5.74) is 0.0452.